The fraction of sp³-hybridized carbons (Fsp3) is 0.167. The van der Waals surface area contributed by atoms with Gasteiger partial charge in [0.1, 0.15) is 5.75 Å². The molecule has 1 atom stereocenters. The van der Waals surface area contributed by atoms with Crippen molar-refractivity contribution in [1.82, 2.24) is 5.32 Å². The second-order valence-corrected chi connectivity index (χ2v) is 4.95. The minimum Gasteiger partial charge on any atom is -0.480 e. The predicted molar refractivity (Wildman–Crippen MR) is 82.6 cm³/mol. The van der Waals surface area contributed by atoms with Crippen molar-refractivity contribution in [2.24, 2.45) is 0 Å². The number of benzene rings is 2. The molecule has 2 aromatic carbocycles. The lowest BCUT2D eigenvalue weighted by Gasteiger charge is -2.28. The van der Waals surface area contributed by atoms with Gasteiger partial charge in [-0.3, -0.25) is 4.79 Å². The van der Waals surface area contributed by atoms with E-state index < -0.39 is 0 Å². The van der Waals surface area contributed by atoms with Gasteiger partial charge in [-0.15, -0.1) is 0 Å². The Bertz CT molecular complexity index is 677. The first-order valence-corrected chi connectivity index (χ1v) is 7.01. The van der Waals surface area contributed by atoms with E-state index in [9.17, 15) is 4.79 Å². The Kier molecular flexibility index (Phi) is 3.84. The molecule has 0 radical (unpaired) electrons. The highest BCUT2D eigenvalue weighted by atomic mass is 16.5. The molecule has 0 saturated heterocycles. The summed E-state index contributed by atoms with van der Waals surface area (Å²) in [5, 5.41) is 3.05. The fourth-order valence-corrected chi connectivity index (χ4v) is 2.51. The number of rotatable bonds is 3. The molecule has 1 N–H and O–H groups in total. The minimum absolute atomic E-state index is 0.0425. The zero-order chi connectivity index (χ0) is 14.7. The summed E-state index contributed by atoms with van der Waals surface area (Å²) in [5.41, 5.74) is 2.31. The molecule has 1 heterocycles. The molecule has 0 amide bonds. The van der Waals surface area contributed by atoms with E-state index in [0.29, 0.717) is 23.4 Å². The van der Waals surface area contributed by atoms with Crippen LogP contribution in [0.25, 0.3) is 0 Å². The van der Waals surface area contributed by atoms with Crippen LogP contribution < -0.4 is 10.1 Å². The van der Waals surface area contributed by atoms with Gasteiger partial charge in [0.25, 0.3) is 0 Å². The lowest BCUT2D eigenvalue weighted by molar-refractivity contribution is 0.0960. The van der Waals surface area contributed by atoms with Crippen molar-refractivity contribution < 1.29 is 9.53 Å². The molecular formula is C18H17NO2. The van der Waals surface area contributed by atoms with Gasteiger partial charge < -0.3 is 10.1 Å². The largest absolute Gasteiger partial charge is 0.480 e. The number of hydrogen-bond acceptors (Lipinski definition) is 3. The monoisotopic (exact) mass is 279 g/mol. The Labute approximate surface area is 124 Å². The third-order valence-electron chi connectivity index (χ3n) is 3.55. The van der Waals surface area contributed by atoms with Gasteiger partial charge in [0.2, 0.25) is 0 Å². The van der Waals surface area contributed by atoms with E-state index in [4.69, 9.17) is 4.74 Å². The molecule has 3 nitrogen and oxygen atoms in total. The van der Waals surface area contributed by atoms with Crippen LogP contribution in [0.15, 0.2) is 66.2 Å². The van der Waals surface area contributed by atoms with Crippen molar-refractivity contribution in [3.8, 4) is 5.75 Å². The lowest BCUT2D eigenvalue weighted by Crippen LogP contribution is -2.25. The van der Waals surface area contributed by atoms with E-state index in [2.05, 4.69) is 5.32 Å². The summed E-state index contributed by atoms with van der Waals surface area (Å²) < 4.78 is 6.08. The molecule has 1 unspecified atom stereocenters. The van der Waals surface area contributed by atoms with Gasteiger partial charge in [-0.1, -0.05) is 48.5 Å². The third kappa shape index (κ3) is 2.60. The molecular weight excluding hydrogens is 262 g/mol. The second kappa shape index (κ2) is 5.94. The van der Waals surface area contributed by atoms with Crippen LogP contribution in [0.3, 0.4) is 0 Å². The van der Waals surface area contributed by atoms with E-state index >= 15 is 0 Å². The second-order valence-electron chi connectivity index (χ2n) is 4.95. The minimum atomic E-state index is -0.345. The molecule has 0 spiro atoms. The SMILES string of the molecule is CNCC=C1C(=O)c2ccccc2OC1c1ccccc1. The highest BCUT2D eigenvalue weighted by Crippen LogP contribution is 2.37. The van der Waals surface area contributed by atoms with E-state index in [1.54, 1.807) is 0 Å². The smallest absolute Gasteiger partial charge is 0.196 e. The summed E-state index contributed by atoms with van der Waals surface area (Å²) in [6.45, 7) is 0.635. The molecule has 2 aromatic rings. The molecule has 3 heteroatoms. The molecule has 1 aliphatic rings. The summed E-state index contributed by atoms with van der Waals surface area (Å²) in [5.74, 6) is 0.693. The first kappa shape index (κ1) is 13.6. The number of fused-ring (bicyclic) bond motifs is 1. The summed E-state index contributed by atoms with van der Waals surface area (Å²) >= 11 is 0. The van der Waals surface area contributed by atoms with Gasteiger partial charge >= 0.3 is 0 Å². The molecule has 0 aromatic heterocycles. The Morgan fingerprint density at radius 1 is 1.10 bits per heavy atom. The molecule has 21 heavy (non-hydrogen) atoms. The number of para-hydroxylation sites is 1. The molecule has 106 valence electrons. The summed E-state index contributed by atoms with van der Waals surface area (Å²) in [6.07, 6.45) is 1.57. The normalized spacial score (nSPS) is 19.2. The van der Waals surface area contributed by atoms with Crippen LogP contribution in [-0.2, 0) is 0 Å². The van der Waals surface area contributed by atoms with Gasteiger partial charge in [0.05, 0.1) is 5.56 Å². The number of Topliss-reactive ketones (excluding diaryl/α,β-unsaturated/α-hetero) is 1. The van der Waals surface area contributed by atoms with Crippen LogP contribution in [0.1, 0.15) is 22.0 Å². The van der Waals surface area contributed by atoms with Gasteiger partial charge in [-0.25, -0.2) is 0 Å². The quantitative estimate of drug-likeness (QED) is 0.877. The number of ether oxygens (including phenoxy) is 1. The molecule has 0 fully saturated rings. The first-order chi connectivity index (χ1) is 10.3. The average Bonchev–Trinajstić information content (AvgIpc) is 2.55. The number of carbonyl (C=O) groups excluding carboxylic acids is 1. The predicted octanol–water partition coefficient (Wildman–Crippen LogP) is 3.15. The standard InChI is InChI=1S/C18H17NO2/c1-19-12-11-15-17(20)14-9-5-6-10-16(14)21-18(15)13-7-3-2-4-8-13/h2-11,18-19H,12H2,1H3. The van der Waals surface area contributed by atoms with E-state index in [1.165, 1.54) is 0 Å². The Balaban J connectivity index is 2.08. The number of likely N-dealkylation sites (N-methyl/N-ethyl adjacent to an activating group) is 1. The highest BCUT2D eigenvalue weighted by Gasteiger charge is 2.32. The molecule has 1 aliphatic heterocycles. The average molecular weight is 279 g/mol. The van der Waals surface area contributed by atoms with Crippen LogP contribution in [0, 0.1) is 0 Å². The Morgan fingerprint density at radius 3 is 2.57 bits per heavy atom. The maximum absolute atomic E-state index is 12.7. The van der Waals surface area contributed by atoms with Gasteiger partial charge in [-0.05, 0) is 24.7 Å². The van der Waals surface area contributed by atoms with Gasteiger partial charge in [0.15, 0.2) is 11.9 Å². The molecule has 0 saturated carbocycles. The first-order valence-electron chi connectivity index (χ1n) is 7.01. The molecule has 0 bridgehead atoms. The summed E-state index contributed by atoms with van der Waals surface area (Å²) in [7, 11) is 1.86. The van der Waals surface area contributed by atoms with Crippen molar-refractivity contribution in [3.63, 3.8) is 0 Å². The zero-order valence-electron chi connectivity index (χ0n) is 11.9. The number of nitrogens with one attached hydrogen (secondary N) is 1. The molecule has 0 aliphatic carbocycles. The van der Waals surface area contributed by atoms with E-state index in [0.717, 1.165) is 5.56 Å². The van der Waals surface area contributed by atoms with Crippen molar-refractivity contribution in [3.05, 3.63) is 77.4 Å². The van der Waals surface area contributed by atoms with Crippen molar-refractivity contribution in [1.29, 1.82) is 0 Å². The number of ketones is 1. The van der Waals surface area contributed by atoms with Crippen molar-refractivity contribution in [2.75, 3.05) is 13.6 Å². The van der Waals surface area contributed by atoms with E-state index in [-0.39, 0.29) is 11.9 Å². The zero-order valence-corrected chi connectivity index (χ0v) is 11.9. The van der Waals surface area contributed by atoms with Crippen LogP contribution in [0.4, 0.5) is 0 Å². The van der Waals surface area contributed by atoms with Crippen molar-refractivity contribution in [2.45, 2.75) is 6.10 Å². The molecule has 3 rings (SSSR count). The number of hydrogen-bond donors (Lipinski definition) is 1. The maximum atomic E-state index is 12.7. The summed E-state index contributed by atoms with van der Waals surface area (Å²) in [6, 6.07) is 17.2. The fourth-order valence-electron chi connectivity index (χ4n) is 2.51. The Hall–Kier alpha value is -2.39. The highest BCUT2D eigenvalue weighted by molar-refractivity contribution is 6.12. The topological polar surface area (TPSA) is 38.3 Å². The third-order valence-corrected chi connectivity index (χ3v) is 3.55. The van der Waals surface area contributed by atoms with Gasteiger partial charge in [-0.2, -0.15) is 0 Å². The lowest BCUT2D eigenvalue weighted by atomic mass is 9.90. The van der Waals surface area contributed by atoms with E-state index in [1.807, 2.05) is 67.7 Å². The van der Waals surface area contributed by atoms with Crippen LogP contribution in [-0.4, -0.2) is 19.4 Å². The van der Waals surface area contributed by atoms with Gasteiger partial charge in [0, 0.05) is 12.1 Å². The van der Waals surface area contributed by atoms with Crippen LogP contribution in [0.5, 0.6) is 5.75 Å². The maximum Gasteiger partial charge on any atom is 0.196 e. The van der Waals surface area contributed by atoms with Crippen LogP contribution in [0.2, 0.25) is 0 Å². The summed E-state index contributed by atoms with van der Waals surface area (Å²) in [4.78, 5) is 12.7. The van der Waals surface area contributed by atoms with Crippen LogP contribution >= 0.6 is 0 Å². The Morgan fingerprint density at radius 2 is 1.81 bits per heavy atom. The van der Waals surface area contributed by atoms with Crippen molar-refractivity contribution >= 4 is 5.78 Å². The number of carbonyl (C=O) groups is 1.